The Hall–Kier alpha value is -0.210. The lowest BCUT2D eigenvalue weighted by Crippen LogP contribution is -2.36. The molecule has 1 N–H and O–H groups in total. The molecule has 82 valence electrons. The smallest absolute Gasteiger partial charge is 0.345 e. The molecule has 0 aliphatic rings. The van der Waals surface area contributed by atoms with E-state index in [9.17, 15) is 4.79 Å². The number of ether oxygens (including phenoxy) is 1. The van der Waals surface area contributed by atoms with Crippen molar-refractivity contribution in [2.24, 2.45) is 4.40 Å². The molecule has 8 heteroatoms. The van der Waals surface area contributed by atoms with Crippen LogP contribution in [0.2, 0.25) is 0 Å². The molecular formula is C6H13N3O2S3. The fourth-order valence-corrected chi connectivity index (χ4v) is 1.88. The van der Waals surface area contributed by atoms with Gasteiger partial charge in [-0.15, -0.1) is 0 Å². The lowest BCUT2D eigenvalue weighted by Gasteiger charge is -2.16. The maximum atomic E-state index is 11.5. The third kappa shape index (κ3) is 4.87. The highest BCUT2D eigenvalue weighted by atomic mass is 32.2. The number of amides is 2. The Bertz CT molecular complexity index is 208. The summed E-state index contributed by atoms with van der Waals surface area (Å²) in [5.74, 6) is 0. The van der Waals surface area contributed by atoms with Crippen molar-refractivity contribution >= 4 is 47.9 Å². The number of amidine groups is 1. The van der Waals surface area contributed by atoms with Crippen molar-refractivity contribution in [2.45, 2.75) is 0 Å². The standard InChI is InChI=1S/C6H13N3O2S3/c1-11-5(8-12-2)7-6(10)9(13-3)14-4/h1-4H3,(H,7,8,10). The van der Waals surface area contributed by atoms with Crippen LogP contribution in [0.5, 0.6) is 0 Å². The van der Waals surface area contributed by atoms with E-state index >= 15 is 0 Å². The molecule has 0 spiro atoms. The molecule has 0 aromatic rings. The number of nitrogens with one attached hydrogen (secondary N) is 1. The van der Waals surface area contributed by atoms with E-state index in [0.717, 1.165) is 0 Å². The van der Waals surface area contributed by atoms with Gasteiger partial charge in [-0.05, 0) is 35.8 Å². The highest BCUT2D eigenvalue weighted by molar-refractivity contribution is 8.12. The molecule has 14 heavy (non-hydrogen) atoms. The number of nitrogens with zero attached hydrogens (tertiary/aromatic N) is 2. The second-order valence-electron chi connectivity index (χ2n) is 1.84. The number of rotatable bonds is 3. The van der Waals surface area contributed by atoms with E-state index in [0.29, 0.717) is 0 Å². The average Bonchev–Trinajstić information content (AvgIpc) is 2.19. The molecule has 2 amide bonds. The molecular weight excluding hydrogens is 242 g/mol. The summed E-state index contributed by atoms with van der Waals surface area (Å²) in [6.45, 7) is 0. The second-order valence-corrected chi connectivity index (χ2v) is 4.08. The van der Waals surface area contributed by atoms with Crippen LogP contribution in [0.15, 0.2) is 4.40 Å². The van der Waals surface area contributed by atoms with Crippen molar-refractivity contribution < 1.29 is 9.53 Å². The minimum atomic E-state index is -0.264. The first-order valence-corrected chi connectivity index (χ1v) is 7.08. The Labute approximate surface area is 96.8 Å². The van der Waals surface area contributed by atoms with Gasteiger partial charge >= 0.3 is 12.1 Å². The van der Waals surface area contributed by atoms with Crippen molar-refractivity contribution in [3.8, 4) is 0 Å². The molecule has 0 heterocycles. The monoisotopic (exact) mass is 255 g/mol. The zero-order valence-electron chi connectivity index (χ0n) is 8.44. The van der Waals surface area contributed by atoms with Crippen LogP contribution in [0, 0.1) is 0 Å². The Balaban J connectivity index is 4.20. The van der Waals surface area contributed by atoms with Crippen molar-refractivity contribution in [3.63, 3.8) is 0 Å². The van der Waals surface area contributed by atoms with Crippen molar-refractivity contribution in [1.29, 1.82) is 0 Å². The summed E-state index contributed by atoms with van der Waals surface area (Å²) in [7, 11) is 1.46. The first kappa shape index (κ1) is 13.8. The molecule has 0 aliphatic carbocycles. The van der Waals surface area contributed by atoms with Crippen molar-refractivity contribution in [3.05, 3.63) is 0 Å². The predicted molar refractivity (Wildman–Crippen MR) is 65.4 cm³/mol. The van der Waals surface area contributed by atoms with Crippen LogP contribution < -0.4 is 5.32 Å². The highest BCUT2D eigenvalue weighted by Gasteiger charge is 2.13. The van der Waals surface area contributed by atoms with Gasteiger partial charge in [0.25, 0.3) is 0 Å². The lowest BCUT2D eigenvalue weighted by atomic mass is 10.9. The predicted octanol–water partition coefficient (Wildman–Crippen LogP) is 1.83. The summed E-state index contributed by atoms with van der Waals surface area (Å²) in [5.41, 5.74) is 0. The van der Waals surface area contributed by atoms with E-state index in [4.69, 9.17) is 4.74 Å². The molecule has 0 saturated carbocycles. The molecule has 0 rings (SSSR count). The third-order valence-corrected chi connectivity index (χ3v) is 3.32. The Morgan fingerprint density at radius 1 is 1.36 bits per heavy atom. The molecule has 0 radical (unpaired) electrons. The summed E-state index contributed by atoms with van der Waals surface area (Å²) >= 11 is 3.85. The van der Waals surface area contributed by atoms with Crippen LogP contribution in [0.3, 0.4) is 0 Å². The molecule has 0 bridgehead atoms. The normalized spacial score (nSPS) is 11.0. The van der Waals surface area contributed by atoms with Crippen LogP contribution in [-0.2, 0) is 4.74 Å². The maximum Gasteiger partial charge on any atom is 0.345 e. The Morgan fingerprint density at radius 2 is 1.93 bits per heavy atom. The molecule has 0 aromatic heterocycles. The summed E-state index contributed by atoms with van der Waals surface area (Å²) < 4.78 is 10.2. The van der Waals surface area contributed by atoms with Crippen molar-refractivity contribution in [2.75, 3.05) is 25.9 Å². The first-order chi connectivity index (χ1) is 6.69. The van der Waals surface area contributed by atoms with Gasteiger partial charge in [0.15, 0.2) is 0 Å². The third-order valence-electron chi connectivity index (χ3n) is 1.08. The molecule has 0 fully saturated rings. The maximum absolute atomic E-state index is 11.5. The number of carbonyl (C=O) groups excluding carboxylic acids is 1. The SMILES string of the molecule is COC(=NSC)NC(=O)N(SC)SC. The summed E-state index contributed by atoms with van der Waals surface area (Å²) in [6, 6.07) is -0.0600. The van der Waals surface area contributed by atoms with E-state index < -0.39 is 0 Å². The summed E-state index contributed by atoms with van der Waals surface area (Å²) in [4.78, 5) is 11.5. The first-order valence-electron chi connectivity index (χ1n) is 3.54. The highest BCUT2D eigenvalue weighted by Crippen LogP contribution is 2.15. The number of hydrogen-bond donors (Lipinski definition) is 1. The van der Waals surface area contributed by atoms with Crippen LogP contribution in [-0.4, -0.2) is 41.6 Å². The van der Waals surface area contributed by atoms with Crippen LogP contribution in [0.4, 0.5) is 4.79 Å². The van der Waals surface area contributed by atoms with E-state index in [2.05, 4.69) is 9.71 Å². The lowest BCUT2D eigenvalue weighted by molar-refractivity contribution is 0.240. The summed E-state index contributed by atoms with van der Waals surface area (Å²) in [6.07, 6.45) is 5.41. The Morgan fingerprint density at radius 3 is 2.29 bits per heavy atom. The minimum Gasteiger partial charge on any atom is -0.468 e. The van der Waals surface area contributed by atoms with Gasteiger partial charge in [0.1, 0.15) is 0 Å². The number of methoxy groups -OCH3 is 1. The van der Waals surface area contributed by atoms with E-state index in [1.165, 1.54) is 46.7 Å². The van der Waals surface area contributed by atoms with E-state index in [-0.39, 0.29) is 12.1 Å². The van der Waals surface area contributed by atoms with Gasteiger partial charge in [-0.25, -0.2) is 8.51 Å². The topological polar surface area (TPSA) is 53.9 Å². The molecule has 5 nitrogen and oxygen atoms in total. The zero-order valence-corrected chi connectivity index (χ0v) is 10.9. The largest absolute Gasteiger partial charge is 0.468 e. The second kappa shape index (κ2) is 8.13. The average molecular weight is 255 g/mol. The van der Waals surface area contributed by atoms with E-state index in [1.54, 1.807) is 6.26 Å². The van der Waals surface area contributed by atoms with Gasteiger partial charge in [0, 0.05) is 18.8 Å². The van der Waals surface area contributed by atoms with Gasteiger partial charge in [-0.2, -0.15) is 4.40 Å². The van der Waals surface area contributed by atoms with Crippen molar-refractivity contribution in [1.82, 2.24) is 9.03 Å². The van der Waals surface area contributed by atoms with Crippen LogP contribution in [0.25, 0.3) is 0 Å². The molecule has 0 unspecified atom stereocenters. The number of carbonyl (C=O) groups is 1. The molecule has 0 aliphatic heterocycles. The van der Waals surface area contributed by atoms with Gasteiger partial charge in [0.2, 0.25) is 0 Å². The minimum absolute atomic E-state index is 0.204. The Kier molecular flexibility index (Phi) is 8.01. The van der Waals surface area contributed by atoms with Crippen LogP contribution >= 0.6 is 35.8 Å². The van der Waals surface area contributed by atoms with Gasteiger partial charge in [0.05, 0.1) is 7.11 Å². The van der Waals surface area contributed by atoms with Gasteiger partial charge in [-0.1, -0.05) is 0 Å². The molecule has 0 saturated heterocycles. The van der Waals surface area contributed by atoms with Crippen LogP contribution in [0.1, 0.15) is 0 Å². The fourth-order valence-electron chi connectivity index (χ4n) is 0.572. The number of hydrogen-bond acceptors (Lipinski definition) is 6. The molecule has 0 atom stereocenters. The van der Waals surface area contributed by atoms with Gasteiger partial charge < -0.3 is 4.74 Å². The van der Waals surface area contributed by atoms with E-state index in [1.807, 2.05) is 12.5 Å². The summed E-state index contributed by atoms with van der Waals surface area (Å²) in [5, 5.41) is 2.52. The number of urea groups is 1. The quantitative estimate of drug-likeness (QED) is 0.474. The zero-order chi connectivity index (χ0) is 11.0. The fraction of sp³-hybridized carbons (Fsp3) is 0.667. The van der Waals surface area contributed by atoms with Gasteiger partial charge in [-0.3, -0.25) is 5.32 Å². The molecule has 0 aromatic carbocycles.